The van der Waals surface area contributed by atoms with Crippen molar-refractivity contribution in [2.45, 2.75) is 13.1 Å². The number of rotatable bonds is 4. The first-order valence-corrected chi connectivity index (χ1v) is 6.99. The van der Waals surface area contributed by atoms with E-state index in [0.717, 1.165) is 17.7 Å². The third-order valence-corrected chi connectivity index (χ3v) is 3.20. The summed E-state index contributed by atoms with van der Waals surface area (Å²) < 4.78 is 43.1. The molecule has 0 aromatic heterocycles. The van der Waals surface area contributed by atoms with Gasteiger partial charge in [0.1, 0.15) is 5.75 Å². The summed E-state index contributed by atoms with van der Waals surface area (Å²) in [4.78, 5) is 11.8. The Morgan fingerprint density at radius 3 is 2.61 bits per heavy atom. The van der Waals surface area contributed by atoms with Gasteiger partial charge in [-0.2, -0.15) is 13.2 Å². The average molecular weight is 344 g/mol. The predicted molar refractivity (Wildman–Crippen MR) is 81.8 cm³/mol. The predicted octanol–water partition coefficient (Wildman–Crippen LogP) is 4.68. The Kier molecular flexibility index (Phi) is 5.15. The zero-order valence-electron chi connectivity index (χ0n) is 12.1. The third kappa shape index (κ3) is 4.89. The lowest BCUT2D eigenvalue weighted by Gasteiger charge is -2.11. The highest BCUT2D eigenvalue weighted by Crippen LogP contribution is 2.30. The number of hydrogen-bond donors (Lipinski definition) is 1. The minimum atomic E-state index is -4.46. The maximum atomic E-state index is 12.6. The quantitative estimate of drug-likeness (QED) is 0.875. The van der Waals surface area contributed by atoms with Crippen molar-refractivity contribution in [2.24, 2.45) is 0 Å². The van der Waals surface area contributed by atoms with Crippen LogP contribution in [0.4, 0.5) is 18.9 Å². The van der Waals surface area contributed by atoms with Gasteiger partial charge in [0, 0.05) is 10.7 Å². The van der Waals surface area contributed by atoms with Crippen molar-refractivity contribution in [3.05, 3.63) is 58.6 Å². The second-order valence-electron chi connectivity index (χ2n) is 4.83. The number of hydrogen-bond acceptors (Lipinski definition) is 2. The van der Waals surface area contributed by atoms with Crippen LogP contribution in [0.25, 0.3) is 0 Å². The summed E-state index contributed by atoms with van der Waals surface area (Å²) in [5.41, 5.74) is -0.0182. The number of carbonyl (C=O) groups is 1. The first-order chi connectivity index (χ1) is 10.8. The van der Waals surface area contributed by atoms with Crippen LogP contribution in [0, 0.1) is 6.92 Å². The topological polar surface area (TPSA) is 38.3 Å². The van der Waals surface area contributed by atoms with E-state index >= 15 is 0 Å². The van der Waals surface area contributed by atoms with Crippen LogP contribution in [0.5, 0.6) is 5.75 Å². The fourth-order valence-electron chi connectivity index (χ4n) is 1.89. The molecule has 0 saturated carbocycles. The molecule has 122 valence electrons. The summed E-state index contributed by atoms with van der Waals surface area (Å²) in [6.45, 7) is 1.45. The van der Waals surface area contributed by atoms with Gasteiger partial charge in [0.05, 0.1) is 5.56 Å². The van der Waals surface area contributed by atoms with Gasteiger partial charge in [-0.25, -0.2) is 0 Å². The van der Waals surface area contributed by atoms with Gasteiger partial charge in [0.25, 0.3) is 5.91 Å². The van der Waals surface area contributed by atoms with Crippen LogP contribution in [0.1, 0.15) is 11.1 Å². The summed E-state index contributed by atoms with van der Waals surface area (Å²) in [5.74, 6) is -0.0766. The number of ether oxygens (including phenoxy) is 1. The van der Waals surface area contributed by atoms with Crippen molar-refractivity contribution in [1.29, 1.82) is 0 Å². The molecule has 3 nitrogen and oxygen atoms in total. The van der Waals surface area contributed by atoms with Gasteiger partial charge in [-0.3, -0.25) is 4.79 Å². The highest BCUT2D eigenvalue weighted by molar-refractivity contribution is 6.30. The Labute approximate surface area is 136 Å². The fraction of sp³-hybridized carbons (Fsp3) is 0.188. The van der Waals surface area contributed by atoms with Crippen molar-refractivity contribution < 1.29 is 22.7 Å². The van der Waals surface area contributed by atoms with E-state index in [4.69, 9.17) is 16.3 Å². The Morgan fingerprint density at radius 1 is 1.22 bits per heavy atom. The van der Waals surface area contributed by atoms with E-state index in [1.54, 1.807) is 25.1 Å². The first-order valence-electron chi connectivity index (χ1n) is 6.62. The standard InChI is InChI=1S/C16H13ClF3NO2/c1-10-7-12(17)5-6-14(10)23-9-15(22)21-13-4-2-3-11(8-13)16(18,19)20/h2-8H,9H2,1H3,(H,21,22). The molecule has 2 rings (SSSR count). The molecule has 0 aliphatic rings. The molecule has 0 saturated heterocycles. The van der Waals surface area contributed by atoms with Gasteiger partial charge < -0.3 is 10.1 Å². The lowest BCUT2D eigenvalue weighted by atomic mass is 10.2. The number of benzene rings is 2. The van der Waals surface area contributed by atoms with Gasteiger partial charge >= 0.3 is 6.18 Å². The molecule has 23 heavy (non-hydrogen) atoms. The van der Waals surface area contributed by atoms with E-state index in [9.17, 15) is 18.0 Å². The van der Waals surface area contributed by atoms with E-state index in [-0.39, 0.29) is 12.3 Å². The van der Waals surface area contributed by atoms with Crippen molar-refractivity contribution in [3.8, 4) is 5.75 Å². The number of amides is 1. The van der Waals surface area contributed by atoms with Crippen molar-refractivity contribution in [1.82, 2.24) is 0 Å². The molecule has 7 heteroatoms. The summed E-state index contributed by atoms with van der Waals surface area (Å²) >= 11 is 5.81. The SMILES string of the molecule is Cc1cc(Cl)ccc1OCC(=O)Nc1cccc(C(F)(F)F)c1. The van der Waals surface area contributed by atoms with Crippen molar-refractivity contribution in [3.63, 3.8) is 0 Å². The van der Waals surface area contributed by atoms with Gasteiger partial charge in [0.15, 0.2) is 6.61 Å². The second kappa shape index (κ2) is 6.91. The van der Waals surface area contributed by atoms with Crippen molar-refractivity contribution in [2.75, 3.05) is 11.9 Å². The van der Waals surface area contributed by atoms with Gasteiger partial charge in [-0.05, 0) is 48.9 Å². The molecule has 2 aromatic rings. The minimum absolute atomic E-state index is 0.0567. The molecule has 0 radical (unpaired) electrons. The molecule has 1 N–H and O–H groups in total. The molecule has 0 spiro atoms. The molecule has 0 aliphatic heterocycles. The highest BCUT2D eigenvalue weighted by atomic mass is 35.5. The van der Waals surface area contributed by atoms with E-state index in [1.165, 1.54) is 12.1 Å². The Hall–Kier alpha value is -2.21. The summed E-state index contributed by atoms with van der Waals surface area (Å²) in [5, 5.41) is 2.91. The molecular weight excluding hydrogens is 331 g/mol. The van der Waals surface area contributed by atoms with E-state index < -0.39 is 17.6 Å². The zero-order chi connectivity index (χ0) is 17.0. The smallest absolute Gasteiger partial charge is 0.416 e. The molecule has 1 amide bonds. The number of halogens is 4. The van der Waals surface area contributed by atoms with Crippen molar-refractivity contribution >= 4 is 23.2 Å². The largest absolute Gasteiger partial charge is 0.483 e. The van der Waals surface area contributed by atoms with Gasteiger partial charge in [0.2, 0.25) is 0 Å². The van der Waals surface area contributed by atoms with Crippen LogP contribution in [-0.2, 0) is 11.0 Å². The lowest BCUT2D eigenvalue weighted by molar-refractivity contribution is -0.137. The third-order valence-electron chi connectivity index (χ3n) is 2.97. The second-order valence-corrected chi connectivity index (χ2v) is 5.26. The molecule has 0 unspecified atom stereocenters. The summed E-state index contributed by atoms with van der Waals surface area (Å²) in [6.07, 6.45) is -4.46. The van der Waals surface area contributed by atoms with Crippen LogP contribution >= 0.6 is 11.6 Å². The van der Waals surface area contributed by atoms with Crippen LogP contribution in [-0.4, -0.2) is 12.5 Å². The number of alkyl halides is 3. The summed E-state index contributed by atoms with van der Waals surface area (Å²) in [7, 11) is 0. The Balaban J connectivity index is 1.97. The minimum Gasteiger partial charge on any atom is -0.483 e. The maximum Gasteiger partial charge on any atom is 0.416 e. The summed E-state index contributed by atoms with van der Waals surface area (Å²) in [6, 6.07) is 9.32. The van der Waals surface area contributed by atoms with E-state index in [1.807, 2.05) is 0 Å². The average Bonchev–Trinajstić information content (AvgIpc) is 2.45. The Bertz CT molecular complexity index is 717. The molecule has 0 atom stereocenters. The molecule has 0 bridgehead atoms. The number of nitrogens with one attached hydrogen (secondary N) is 1. The van der Waals surface area contributed by atoms with Crippen LogP contribution < -0.4 is 10.1 Å². The molecule has 2 aromatic carbocycles. The lowest BCUT2D eigenvalue weighted by Crippen LogP contribution is -2.20. The molecule has 0 heterocycles. The molecule has 0 aliphatic carbocycles. The fourth-order valence-corrected chi connectivity index (χ4v) is 2.12. The van der Waals surface area contributed by atoms with E-state index in [0.29, 0.717) is 10.8 Å². The monoisotopic (exact) mass is 343 g/mol. The van der Waals surface area contributed by atoms with Crippen LogP contribution in [0.3, 0.4) is 0 Å². The number of aryl methyl sites for hydroxylation is 1. The normalized spacial score (nSPS) is 11.2. The zero-order valence-corrected chi connectivity index (χ0v) is 12.8. The number of carbonyl (C=O) groups excluding carboxylic acids is 1. The highest BCUT2D eigenvalue weighted by Gasteiger charge is 2.30. The molecular formula is C16H13ClF3NO2. The number of anilines is 1. The van der Waals surface area contributed by atoms with Crippen LogP contribution in [0.15, 0.2) is 42.5 Å². The van der Waals surface area contributed by atoms with Gasteiger partial charge in [-0.1, -0.05) is 17.7 Å². The first kappa shape index (κ1) is 17.1. The van der Waals surface area contributed by atoms with E-state index in [2.05, 4.69) is 5.32 Å². The van der Waals surface area contributed by atoms with Gasteiger partial charge in [-0.15, -0.1) is 0 Å². The Morgan fingerprint density at radius 2 is 1.96 bits per heavy atom. The molecule has 0 fully saturated rings. The maximum absolute atomic E-state index is 12.6. The van der Waals surface area contributed by atoms with Crippen LogP contribution in [0.2, 0.25) is 5.02 Å².